The van der Waals surface area contributed by atoms with Crippen LogP contribution in [-0.4, -0.2) is 170 Å². The number of hydrogen-bond acceptors (Lipinski definition) is 27. The van der Waals surface area contributed by atoms with Gasteiger partial charge in [0.25, 0.3) is 1.45 Å². The normalized spacial score (nSPS) is 12.5. The van der Waals surface area contributed by atoms with Gasteiger partial charge in [0.1, 0.15) is 64.4 Å². The molecule has 5 rings (SSSR count). The number of rotatable bonds is 27. The quantitative estimate of drug-likeness (QED) is 0.0172. The van der Waals surface area contributed by atoms with E-state index in [1.807, 2.05) is 33.8 Å². The van der Waals surface area contributed by atoms with Gasteiger partial charge in [-0.3, -0.25) is 28.2 Å². The summed E-state index contributed by atoms with van der Waals surface area (Å²) in [5.74, 6) is 2.99. The molecule has 1 aromatic carbocycles. The molecule has 31 nitrogen and oxygen atoms in total. The van der Waals surface area contributed by atoms with E-state index >= 15 is 0 Å². The summed E-state index contributed by atoms with van der Waals surface area (Å²) < 4.78 is 68.0. The Bertz CT molecular complexity index is 3560. The van der Waals surface area contributed by atoms with Crippen molar-refractivity contribution in [1.29, 1.82) is 6.71 Å². The summed E-state index contributed by atoms with van der Waals surface area (Å²) in [5.41, 5.74) is 14.3. The monoisotopic (exact) mass is 1640 g/mol. The number of hydrogen-bond donors (Lipinski definition) is 10. The summed E-state index contributed by atoms with van der Waals surface area (Å²) in [4.78, 5) is 111. The maximum atomic E-state index is 14.0. The van der Waals surface area contributed by atoms with Crippen molar-refractivity contribution < 1.29 is 99.5 Å². The first-order valence-electron chi connectivity index (χ1n) is 32.2. The molecule has 1 unspecified atom stereocenters. The standard InChI is InChI=1S/C23H30N7O4PS.C12H23NO3S.C9H14N5O4P.C9H17NO4.C7H15NOS.C3H8S.CH4.ClH.FH.V/c1-5-9-36-22(31)23(3,4)29-35(32,34-18-8-6-7-17(10-18)11-24)15-33-16(2)12-30-14-28-19-20(25)26-13-27-21(19)30;1-7-8-17-9(14)12(5,6)13-10(15)16-11(2,3)4;1-6(18-5-19(15,16)17)2-14-4-13-7-8(10)11-3-12-9(7)14;1-8(2,3)14-7(13)10-9(4,5)6(11)12;1-4-5-10-6(9)7(2,3)8;1-2-3-4;;;;/h6-8,10,13-14,16H,5,9,12,15H2,1-4H3,(H,29,32)(H2,25,26,27);7-8H2,1-6H3,(H,13,15);3-4,6H,2,5H2,1H3,(H2,10,11,12)(H2,15,16,17);1-5H3,(H,10,13)(H,11,12);4-5,8H2,1-3H3;4H,2-3H2,1H3;1H4;2*1H;/t16-,35?;;6-;;;;;;;/m1.1......./s1/i/hT. The van der Waals surface area contributed by atoms with Crippen molar-refractivity contribution in [2.45, 2.75) is 230 Å². The van der Waals surface area contributed by atoms with Gasteiger partial charge < -0.3 is 75.3 Å². The molecule has 0 aliphatic heterocycles. The van der Waals surface area contributed by atoms with Gasteiger partial charge in [-0.25, -0.2) is 49.4 Å². The predicted octanol–water partition coefficient (Wildman–Crippen LogP) is 12.2. The van der Waals surface area contributed by atoms with E-state index < -0.39 is 85.2 Å². The van der Waals surface area contributed by atoms with E-state index in [4.69, 9.17) is 60.3 Å². The minimum atomic E-state index is -4.16. The van der Waals surface area contributed by atoms with Crippen LogP contribution in [0.5, 0.6) is 5.75 Å². The number of carbonyl (C=O) groups excluding carboxylic acids is 5. The first-order chi connectivity index (χ1) is 47.0. The number of nitrogen functional groups attached to an aromatic ring is 2. The molecule has 0 aliphatic rings. The second-order valence-electron chi connectivity index (χ2n) is 26.3. The molecule has 3 atom stereocenters. The van der Waals surface area contributed by atoms with Crippen molar-refractivity contribution >= 4 is 143 Å². The number of nitrogens with two attached hydrogens (primary N) is 3. The van der Waals surface area contributed by atoms with Gasteiger partial charge >= 0.3 is 33.3 Å². The molecular formula is C64H113ClFN15O16P2S4V. The van der Waals surface area contributed by atoms with Crippen LogP contribution in [0.3, 0.4) is 0 Å². The summed E-state index contributed by atoms with van der Waals surface area (Å²) in [6.45, 7) is 35.8. The van der Waals surface area contributed by atoms with E-state index in [0.29, 0.717) is 46.7 Å². The zero-order chi connectivity index (χ0) is 79.3. The summed E-state index contributed by atoms with van der Waals surface area (Å²) in [5, 5.41) is 25.5. The zero-order valence-electron chi connectivity index (χ0n) is 63.5. The van der Waals surface area contributed by atoms with Gasteiger partial charge in [0, 0.05) is 35.8 Å². The molecule has 5 aromatic rings. The van der Waals surface area contributed by atoms with Gasteiger partial charge in [-0.1, -0.05) is 76.5 Å². The minimum Gasteiger partial charge on any atom is -0.480 e. The summed E-state index contributed by atoms with van der Waals surface area (Å²) in [7, 11) is -7.92. The van der Waals surface area contributed by atoms with E-state index in [-0.39, 0.29) is 77.5 Å². The van der Waals surface area contributed by atoms with Gasteiger partial charge in [-0.05, 0) is 160 Å². The summed E-state index contributed by atoms with van der Waals surface area (Å²) >= 11 is 7.65. The number of carboxylic acids is 1. The Morgan fingerprint density at radius 1 is 0.663 bits per heavy atom. The topological polar surface area (TPSA) is 469 Å². The largest absolute Gasteiger partial charge is 0.480 e. The number of aliphatic carboxylic acids is 1. The molecule has 0 saturated heterocycles. The molecule has 2 amide bonds. The number of nitrogens with one attached hydrogen (secondary N) is 3. The van der Waals surface area contributed by atoms with Crippen molar-refractivity contribution in [1.82, 2.24) is 54.8 Å². The first-order valence-corrected chi connectivity index (χ1v) is 39.0. The Balaban J connectivity index is -0.000000414. The van der Waals surface area contributed by atoms with Crippen LogP contribution >= 0.6 is 75.4 Å². The molecule has 593 valence electrons. The molecule has 4 heterocycles. The van der Waals surface area contributed by atoms with Crippen LogP contribution in [-0.2, 0) is 78.9 Å². The average Bonchev–Trinajstić information content (AvgIpc) is 1.74. The van der Waals surface area contributed by atoms with Crippen LogP contribution < -0.4 is 37.4 Å². The van der Waals surface area contributed by atoms with E-state index in [9.17, 15) is 43.2 Å². The van der Waals surface area contributed by atoms with E-state index in [1.54, 1.807) is 124 Å². The van der Waals surface area contributed by atoms with Gasteiger partial charge in [-0.15, -0.1) is 12.4 Å². The predicted molar refractivity (Wildman–Crippen MR) is 416 cm³/mol. The number of fused-ring (bicyclic) bond motifs is 2. The maximum absolute atomic E-state index is 14.0. The van der Waals surface area contributed by atoms with Gasteiger partial charge in [0.05, 0.1) is 60.7 Å². The number of thioether (sulfide) groups is 3. The molecule has 4 aromatic heterocycles. The number of nitrogens with zero attached hydrogens (tertiary/aromatic N) is 9. The number of benzene rings is 1. The third-order valence-electron chi connectivity index (χ3n) is 11.7. The maximum Gasteiger partial charge on any atom is 0.408 e. The number of nitriles is 1. The van der Waals surface area contributed by atoms with Gasteiger partial charge in [0.15, 0.2) is 22.9 Å². The Morgan fingerprint density at radius 2 is 1.05 bits per heavy atom. The van der Waals surface area contributed by atoms with Crippen LogP contribution in [0.15, 0.2) is 49.6 Å². The SMILES string of the molecule is C.CC(C)(C)OC(=O)NC(C)(C)C(=O)O.CCCS.CCCSC(=O)C(C)(C)N.CCCSC(=O)C(C)(C)NC(=O)OC(C)(C)C.CCCSC(=O)C(C)(C)NP(=O)(CO[C@H](C)Cn1cnc2c(N)ncnc21)Oc1cccc(C#N)c1.C[C@H](Cn1cnc2c(N)ncnc21)OCP(=O)(O)O.Cl.[3H]F.[V]. The number of imidazole rings is 2. The van der Waals surface area contributed by atoms with Crippen LogP contribution in [0.2, 0.25) is 0 Å². The van der Waals surface area contributed by atoms with E-state index in [0.717, 1.165) is 36.5 Å². The Kier molecular flexibility index (Phi) is 50.8. The van der Waals surface area contributed by atoms with Crippen LogP contribution in [0.1, 0.15) is 177 Å². The van der Waals surface area contributed by atoms with Crippen LogP contribution in [0.25, 0.3) is 22.3 Å². The number of thiol groups is 1. The third kappa shape index (κ3) is 44.7. The van der Waals surface area contributed by atoms with Gasteiger partial charge in [-0.2, -0.15) is 17.9 Å². The van der Waals surface area contributed by atoms with Crippen LogP contribution in [0, 0.1) is 11.3 Å². The Labute approximate surface area is 649 Å². The van der Waals surface area contributed by atoms with Crippen molar-refractivity contribution in [2.24, 2.45) is 5.73 Å². The van der Waals surface area contributed by atoms with Crippen molar-refractivity contribution in [3.63, 3.8) is 0 Å². The average molecular weight is 1650 g/mol. The number of aromatic nitrogens is 8. The van der Waals surface area contributed by atoms with Crippen molar-refractivity contribution in [3.8, 4) is 11.8 Å². The minimum absolute atomic E-state index is 0. The second-order valence-corrected chi connectivity index (χ2v) is 33.6. The number of carbonyl (C=O) groups is 6. The molecule has 104 heavy (non-hydrogen) atoms. The third-order valence-corrected chi connectivity index (χ3v) is 18.7. The van der Waals surface area contributed by atoms with Crippen molar-refractivity contribution in [3.05, 3.63) is 55.1 Å². The molecular weight excluding hydrogens is 1530 g/mol. The zero-order valence-corrected chi connectivity index (χ0v) is 69.8. The smallest absolute Gasteiger partial charge is 0.408 e. The Morgan fingerprint density at radius 3 is 1.40 bits per heavy atom. The number of alkyl carbamates (subject to hydrolysis) is 2. The van der Waals surface area contributed by atoms with Crippen LogP contribution in [0.4, 0.5) is 25.9 Å². The second kappa shape index (κ2) is 50.3. The fraction of sp³-hybridized carbons (Fsp3) is 0.641. The molecule has 1 radical (unpaired) electrons. The molecule has 40 heteroatoms. The molecule has 0 spiro atoms. The van der Waals surface area contributed by atoms with Crippen molar-refractivity contribution in [2.75, 3.05) is 47.2 Å². The fourth-order valence-electron chi connectivity index (χ4n) is 6.87. The molecule has 0 saturated carbocycles. The van der Waals surface area contributed by atoms with Gasteiger partial charge in [0.2, 0.25) is 15.3 Å². The molecule has 0 bridgehead atoms. The summed E-state index contributed by atoms with van der Waals surface area (Å²) in [6.07, 6.45) is 6.74. The molecule has 0 aliphatic carbocycles. The van der Waals surface area contributed by atoms with E-state index in [2.05, 4.69) is 66.6 Å². The first kappa shape index (κ1) is 105. The number of halogens is 2. The molecule has 0 fully saturated rings. The number of ether oxygens (including phenoxy) is 4. The van der Waals surface area contributed by atoms with E-state index in [1.165, 1.54) is 80.6 Å². The fourth-order valence-corrected chi connectivity index (χ4v) is 11.8. The number of carboxylic acid groups (broad SMARTS) is 1. The number of anilines is 2. The Hall–Kier alpha value is -5.35. The molecule has 12 N–H and O–H groups in total. The summed E-state index contributed by atoms with van der Waals surface area (Å²) in [6, 6.07) is 8.36. The number of amides is 2.